The minimum Gasteiger partial charge on any atom is -0.339 e. The summed E-state index contributed by atoms with van der Waals surface area (Å²) in [6.07, 6.45) is 3.57. The van der Waals surface area contributed by atoms with E-state index in [-0.39, 0.29) is 22.6 Å². The highest BCUT2D eigenvalue weighted by molar-refractivity contribution is 7.90. The van der Waals surface area contributed by atoms with Crippen LogP contribution in [0, 0.1) is 0 Å². The second-order valence-corrected chi connectivity index (χ2v) is 9.58. The predicted molar refractivity (Wildman–Crippen MR) is 92.0 cm³/mol. The zero-order valence-electron chi connectivity index (χ0n) is 14.0. The molecule has 1 saturated carbocycles. The van der Waals surface area contributed by atoms with Crippen molar-refractivity contribution in [2.75, 3.05) is 20.1 Å². The maximum Gasteiger partial charge on any atom is 0.223 e. The van der Waals surface area contributed by atoms with E-state index < -0.39 is 10.0 Å². The molecule has 5 nitrogen and oxygen atoms in total. The summed E-state index contributed by atoms with van der Waals surface area (Å²) in [5.41, 5.74) is 0.947. The monoisotopic (exact) mass is 348 g/mol. The maximum absolute atomic E-state index is 12.5. The van der Waals surface area contributed by atoms with E-state index in [1.165, 1.54) is 5.56 Å². The Bertz CT molecular complexity index is 735. The minimum atomic E-state index is -3.12. The van der Waals surface area contributed by atoms with Gasteiger partial charge in [0.25, 0.3) is 0 Å². The Balaban J connectivity index is 1.60. The molecule has 1 spiro atoms. The average molecular weight is 348 g/mol. The number of carbonyl (C=O) groups excluding carboxylic acids is 1. The van der Waals surface area contributed by atoms with Gasteiger partial charge < -0.3 is 4.90 Å². The molecular formula is C18H24N2O3S. The van der Waals surface area contributed by atoms with E-state index in [0.717, 1.165) is 25.7 Å². The van der Waals surface area contributed by atoms with Crippen LogP contribution in [-0.4, -0.2) is 54.5 Å². The lowest BCUT2D eigenvalue weighted by molar-refractivity contribution is -0.130. The second-order valence-electron chi connectivity index (χ2n) is 7.37. The Kier molecular flexibility index (Phi) is 3.73. The quantitative estimate of drug-likeness (QED) is 0.839. The molecule has 1 aromatic rings. The summed E-state index contributed by atoms with van der Waals surface area (Å²) >= 11 is 0. The maximum atomic E-state index is 12.5. The molecule has 2 aliphatic heterocycles. The number of sulfonamides is 1. The molecule has 2 saturated heterocycles. The third kappa shape index (κ3) is 2.39. The van der Waals surface area contributed by atoms with Crippen molar-refractivity contribution in [3.8, 4) is 0 Å². The van der Waals surface area contributed by atoms with Crippen LogP contribution in [-0.2, 0) is 14.8 Å². The molecule has 130 valence electrons. The molecule has 2 heterocycles. The standard InChI is InChI=1S/C18H24N2O3S/c1-19-17(21)13-16(14-5-3-2-4-6-14)18(19)9-11-20(12-10-18)24(22,23)15-7-8-15/h2-6,15-16H,7-13H2,1H3/t16-/m0/s1. The number of rotatable bonds is 3. The Hall–Kier alpha value is -1.40. The fourth-order valence-electron chi connectivity index (χ4n) is 4.49. The van der Waals surface area contributed by atoms with Crippen LogP contribution < -0.4 is 0 Å². The average Bonchev–Trinajstić information content (AvgIpc) is 3.42. The van der Waals surface area contributed by atoms with E-state index in [0.29, 0.717) is 19.5 Å². The van der Waals surface area contributed by atoms with Gasteiger partial charge in [0.1, 0.15) is 0 Å². The summed E-state index contributed by atoms with van der Waals surface area (Å²) in [6.45, 7) is 1.06. The SMILES string of the molecule is CN1C(=O)C[C@@H](c2ccccc2)C12CCN(S(=O)(=O)C1CC1)CC2. The molecule has 0 radical (unpaired) electrons. The number of hydrogen-bond acceptors (Lipinski definition) is 3. The molecule has 3 fully saturated rings. The summed E-state index contributed by atoms with van der Waals surface area (Å²) < 4.78 is 26.6. The lowest BCUT2D eigenvalue weighted by Gasteiger charge is -2.46. The molecule has 1 amide bonds. The highest BCUT2D eigenvalue weighted by atomic mass is 32.2. The van der Waals surface area contributed by atoms with Gasteiger partial charge in [0, 0.05) is 32.5 Å². The van der Waals surface area contributed by atoms with Gasteiger partial charge in [-0.05, 0) is 31.2 Å². The first-order chi connectivity index (χ1) is 11.4. The van der Waals surface area contributed by atoms with Crippen molar-refractivity contribution < 1.29 is 13.2 Å². The van der Waals surface area contributed by atoms with Gasteiger partial charge in [-0.1, -0.05) is 30.3 Å². The number of likely N-dealkylation sites (N-methyl/N-ethyl adjacent to an activating group) is 1. The summed E-state index contributed by atoms with van der Waals surface area (Å²) in [6, 6.07) is 10.2. The van der Waals surface area contributed by atoms with Crippen LogP contribution in [0.3, 0.4) is 0 Å². The Morgan fingerprint density at radius 3 is 2.29 bits per heavy atom. The summed E-state index contributed by atoms with van der Waals surface area (Å²) in [4.78, 5) is 14.3. The van der Waals surface area contributed by atoms with E-state index in [1.807, 2.05) is 30.1 Å². The number of benzene rings is 1. The highest BCUT2D eigenvalue weighted by Gasteiger charge is 2.54. The topological polar surface area (TPSA) is 57.7 Å². The van der Waals surface area contributed by atoms with E-state index in [2.05, 4.69) is 12.1 Å². The molecule has 3 aliphatic rings. The van der Waals surface area contributed by atoms with Gasteiger partial charge >= 0.3 is 0 Å². The minimum absolute atomic E-state index is 0.153. The van der Waals surface area contributed by atoms with Crippen LogP contribution in [0.2, 0.25) is 0 Å². The molecule has 0 aromatic heterocycles. The van der Waals surface area contributed by atoms with Gasteiger partial charge in [-0.15, -0.1) is 0 Å². The third-order valence-corrected chi connectivity index (χ3v) is 8.56. The summed E-state index contributed by atoms with van der Waals surface area (Å²) in [7, 11) is -1.23. The van der Waals surface area contributed by atoms with Gasteiger partial charge in [0.15, 0.2) is 0 Å². The van der Waals surface area contributed by atoms with E-state index in [9.17, 15) is 13.2 Å². The highest BCUT2D eigenvalue weighted by Crippen LogP contribution is 2.48. The lowest BCUT2D eigenvalue weighted by atomic mass is 9.74. The largest absolute Gasteiger partial charge is 0.339 e. The predicted octanol–water partition coefficient (Wildman–Crippen LogP) is 1.96. The van der Waals surface area contributed by atoms with Crippen LogP contribution in [0.5, 0.6) is 0 Å². The van der Waals surface area contributed by atoms with Crippen LogP contribution in [0.1, 0.15) is 43.6 Å². The number of hydrogen-bond donors (Lipinski definition) is 0. The summed E-state index contributed by atoms with van der Waals surface area (Å²) in [5.74, 6) is 0.323. The first-order valence-electron chi connectivity index (χ1n) is 8.76. The number of piperidine rings is 1. The third-order valence-electron chi connectivity index (χ3n) is 6.17. The van der Waals surface area contributed by atoms with Gasteiger partial charge in [0.2, 0.25) is 15.9 Å². The van der Waals surface area contributed by atoms with Crippen molar-refractivity contribution in [3.63, 3.8) is 0 Å². The number of amides is 1. The molecule has 1 aliphatic carbocycles. The molecule has 0 N–H and O–H groups in total. The van der Waals surface area contributed by atoms with E-state index >= 15 is 0 Å². The van der Waals surface area contributed by atoms with Gasteiger partial charge in [0.05, 0.1) is 10.8 Å². The van der Waals surface area contributed by atoms with Crippen molar-refractivity contribution in [1.29, 1.82) is 0 Å². The Labute approximate surface area is 143 Å². The molecule has 24 heavy (non-hydrogen) atoms. The second kappa shape index (κ2) is 5.56. The van der Waals surface area contributed by atoms with E-state index in [4.69, 9.17) is 0 Å². The number of likely N-dealkylation sites (tertiary alicyclic amines) is 1. The zero-order valence-corrected chi connectivity index (χ0v) is 14.8. The van der Waals surface area contributed by atoms with Crippen molar-refractivity contribution in [2.24, 2.45) is 0 Å². The van der Waals surface area contributed by atoms with Gasteiger partial charge in [-0.2, -0.15) is 0 Å². The molecule has 0 unspecified atom stereocenters. The van der Waals surface area contributed by atoms with Gasteiger partial charge in [-0.3, -0.25) is 4.79 Å². The molecule has 0 bridgehead atoms. The van der Waals surface area contributed by atoms with Crippen molar-refractivity contribution in [1.82, 2.24) is 9.21 Å². The van der Waals surface area contributed by atoms with Crippen molar-refractivity contribution >= 4 is 15.9 Å². The van der Waals surface area contributed by atoms with Crippen LogP contribution in [0.25, 0.3) is 0 Å². The Morgan fingerprint density at radius 2 is 1.71 bits per heavy atom. The summed E-state index contributed by atoms with van der Waals surface area (Å²) in [5, 5.41) is -0.153. The Morgan fingerprint density at radius 1 is 1.08 bits per heavy atom. The lowest BCUT2D eigenvalue weighted by Crippen LogP contribution is -2.55. The molecule has 6 heteroatoms. The van der Waals surface area contributed by atoms with Gasteiger partial charge in [-0.25, -0.2) is 12.7 Å². The molecule has 1 atom stereocenters. The fourth-order valence-corrected chi connectivity index (χ4v) is 6.33. The van der Waals surface area contributed by atoms with Crippen molar-refractivity contribution in [2.45, 2.75) is 48.8 Å². The van der Waals surface area contributed by atoms with Crippen LogP contribution in [0.15, 0.2) is 30.3 Å². The first-order valence-corrected chi connectivity index (χ1v) is 10.3. The normalized spacial score (nSPS) is 27.8. The first kappa shape index (κ1) is 16.1. The van der Waals surface area contributed by atoms with E-state index in [1.54, 1.807) is 4.31 Å². The molecule has 1 aromatic carbocycles. The van der Waals surface area contributed by atoms with Crippen molar-refractivity contribution in [3.05, 3.63) is 35.9 Å². The van der Waals surface area contributed by atoms with Crippen LogP contribution in [0.4, 0.5) is 0 Å². The van der Waals surface area contributed by atoms with Crippen LogP contribution >= 0.6 is 0 Å². The number of nitrogens with zero attached hydrogens (tertiary/aromatic N) is 2. The fraction of sp³-hybridized carbons (Fsp3) is 0.611. The number of carbonyl (C=O) groups is 1. The smallest absolute Gasteiger partial charge is 0.223 e. The zero-order chi connectivity index (χ0) is 16.9. The molecular weight excluding hydrogens is 324 g/mol. The molecule has 4 rings (SSSR count).